The summed E-state index contributed by atoms with van der Waals surface area (Å²) in [5, 5.41) is 0. The summed E-state index contributed by atoms with van der Waals surface area (Å²) in [5.41, 5.74) is 7.56. The molecule has 2 N–H and O–H groups in total. The van der Waals surface area contributed by atoms with Crippen LogP contribution in [-0.4, -0.2) is 38.6 Å². The number of benzene rings is 1. The lowest BCUT2D eigenvalue weighted by Gasteiger charge is -2.25. The average Bonchev–Trinajstić information content (AvgIpc) is 2.37. The summed E-state index contributed by atoms with van der Waals surface area (Å²) in [6, 6.07) is 4.27. The van der Waals surface area contributed by atoms with Crippen molar-refractivity contribution in [3.8, 4) is 0 Å². The molecule has 0 radical (unpaired) electrons. The quantitative estimate of drug-likeness (QED) is 0.661. The highest BCUT2D eigenvalue weighted by molar-refractivity contribution is 7.90. The van der Waals surface area contributed by atoms with Gasteiger partial charge in [-0.3, -0.25) is 4.79 Å². The predicted molar refractivity (Wildman–Crippen MR) is 78.2 cm³/mol. The zero-order chi connectivity index (χ0) is 14.9. The summed E-state index contributed by atoms with van der Waals surface area (Å²) in [4.78, 5) is 14.1. The first kappa shape index (κ1) is 14.6. The van der Waals surface area contributed by atoms with Crippen LogP contribution in [0.1, 0.15) is 23.7 Å². The van der Waals surface area contributed by atoms with Gasteiger partial charge in [-0.15, -0.1) is 0 Å². The number of nitrogen functional groups attached to an aromatic ring is 1. The Labute approximate surface area is 119 Å². The molecule has 6 heteroatoms. The molecule has 0 bridgehead atoms. The molecule has 108 valence electrons. The van der Waals surface area contributed by atoms with Crippen molar-refractivity contribution in [2.75, 3.05) is 25.1 Å². The molecular weight excluding hydrogens is 276 g/mol. The van der Waals surface area contributed by atoms with E-state index in [2.05, 4.69) is 0 Å². The smallest absolute Gasteiger partial charge is 0.254 e. The topological polar surface area (TPSA) is 80.5 Å². The van der Waals surface area contributed by atoms with Crippen LogP contribution >= 0.6 is 0 Å². The van der Waals surface area contributed by atoms with Crippen LogP contribution in [0, 0.1) is 0 Å². The van der Waals surface area contributed by atoms with Crippen molar-refractivity contribution in [2.45, 2.75) is 18.2 Å². The van der Waals surface area contributed by atoms with E-state index in [0.717, 1.165) is 12.7 Å². The largest absolute Gasteiger partial charge is 0.399 e. The highest BCUT2D eigenvalue weighted by Crippen LogP contribution is 2.20. The van der Waals surface area contributed by atoms with Gasteiger partial charge in [-0.05, 0) is 31.5 Å². The van der Waals surface area contributed by atoms with Gasteiger partial charge < -0.3 is 10.6 Å². The molecule has 1 amide bonds. The minimum Gasteiger partial charge on any atom is -0.399 e. The first-order valence-corrected chi connectivity index (χ1v) is 8.22. The molecule has 5 nitrogen and oxygen atoms in total. The molecule has 0 atom stereocenters. The normalized spacial score (nSPS) is 15.9. The zero-order valence-corrected chi connectivity index (χ0v) is 12.4. The zero-order valence-electron chi connectivity index (χ0n) is 11.6. The first-order chi connectivity index (χ1) is 9.27. The molecule has 0 fully saturated rings. The van der Waals surface area contributed by atoms with Crippen LogP contribution in [0.25, 0.3) is 0 Å². The maximum Gasteiger partial charge on any atom is 0.254 e. The van der Waals surface area contributed by atoms with Crippen LogP contribution in [0.5, 0.6) is 0 Å². The molecule has 1 aliphatic rings. The Morgan fingerprint density at radius 2 is 2.00 bits per heavy atom. The van der Waals surface area contributed by atoms with Gasteiger partial charge in [0.05, 0.1) is 4.90 Å². The van der Waals surface area contributed by atoms with E-state index in [4.69, 9.17) is 5.73 Å². The SMILES string of the molecule is CC1=CCN(C(=O)c2cc(N)cc(S(C)(=O)=O)c2)CC1. The second kappa shape index (κ2) is 5.28. The van der Waals surface area contributed by atoms with Gasteiger partial charge >= 0.3 is 0 Å². The van der Waals surface area contributed by atoms with Gasteiger partial charge in [0, 0.05) is 30.6 Å². The number of amides is 1. The number of sulfone groups is 1. The molecule has 0 saturated carbocycles. The Kier molecular flexibility index (Phi) is 3.85. The van der Waals surface area contributed by atoms with Crippen LogP contribution in [0.2, 0.25) is 0 Å². The minimum absolute atomic E-state index is 0.0737. The van der Waals surface area contributed by atoms with Crippen molar-refractivity contribution in [2.24, 2.45) is 0 Å². The lowest BCUT2D eigenvalue weighted by atomic mass is 10.1. The van der Waals surface area contributed by atoms with E-state index in [1.165, 1.54) is 23.8 Å². The Bertz CT molecular complexity index is 678. The van der Waals surface area contributed by atoms with Gasteiger partial charge in [0.2, 0.25) is 0 Å². The van der Waals surface area contributed by atoms with Gasteiger partial charge in [-0.25, -0.2) is 8.42 Å². The number of anilines is 1. The molecule has 0 saturated heterocycles. The summed E-state index contributed by atoms with van der Waals surface area (Å²) in [5.74, 6) is -0.189. The Hall–Kier alpha value is -1.82. The van der Waals surface area contributed by atoms with E-state index in [1.54, 1.807) is 4.90 Å². The second-order valence-electron chi connectivity index (χ2n) is 5.11. The number of nitrogens with two attached hydrogens (primary N) is 1. The standard InChI is InChI=1S/C14H18N2O3S/c1-10-3-5-16(6-4-10)14(17)11-7-12(15)9-13(8-11)20(2,18)19/h3,7-9H,4-6,15H2,1-2H3. The number of hydrogen-bond acceptors (Lipinski definition) is 4. The first-order valence-electron chi connectivity index (χ1n) is 6.33. The van der Waals surface area contributed by atoms with Crippen molar-refractivity contribution in [1.82, 2.24) is 4.90 Å². The van der Waals surface area contributed by atoms with Crippen molar-refractivity contribution in [1.29, 1.82) is 0 Å². The van der Waals surface area contributed by atoms with Crippen LogP contribution in [0.15, 0.2) is 34.7 Å². The van der Waals surface area contributed by atoms with Crippen LogP contribution in [0.4, 0.5) is 5.69 Å². The van der Waals surface area contributed by atoms with Crippen LogP contribution in [-0.2, 0) is 9.84 Å². The molecule has 0 aliphatic carbocycles. The maximum absolute atomic E-state index is 12.4. The molecule has 1 aromatic carbocycles. The number of carbonyl (C=O) groups is 1. The molecule has 1 aromatic rings. The summed E-state index contributed by atoms with van der Waals surface area (Å²) < 4.78 is 23.2. The number of hydrogen-bond donors (Lipinski definition) is 1. The summed E-state index contributed by atoms with van der Waals surface area (Å²) in [7, 11) is -3.38. The average molecular weight is 294 g/mol. The fourth-order valence-corrected chi connectivity index (χ4v) is 2.79. The molecule has 2 rings (SSSR count). The molecule has 0 spiro atoms. The lowest BCUT2D eigenvalue weighted by Crippen LogP contribution is -2.34. The van der Waals surface area contributed by atoms with Crippen molar-refractivity contribution >= 4 is 21.4 Å². The fourth-order valence-electron chi connectivity index (χ4n) is 2.10. The van der Waals surface area contributed by atoms with Gasteiger partial charge in [0.1, 0.15) is 0 Å². The Balaban J connectivity index is 2.33. The monoisotopic (exact) mass is 294 g/mol. The van der Waals surface area contributed by atoms with Crippen molar-refractivity contribution < 1.29 is 13.2 Å². The number of rotatable bonds is 2. The molecule has 20 heavy (non-hydrogen) atoms. The van der Waals surface area contributed by atoms with E-state index in [9.17, 15) is 13.2 Å². The highest BCUT2D eigenvalue weighted by Gasteiger charge is 2.20. The maximum atomic E-state index is 12.4. The van der Waals surface area contributed by atoms with E-state index < -0.39 is 9.84 Å². The number of carbonyl (C=O) groups excluding carboxylic acids is 1. The molecular formula is C14H18N2O3S. The molecule has 1 aliphatic heterocycles. The van der Waals surface area contributed by atoms with Gasteiger partial charge in [-0.1, -0.05) is 11.6 Å². The van der Waals surface area contributed by atoms with Crippen LogP contribution < -0.4 is 5.73 Å². The third kappa shape index (κ3) is 3.19. The number of nitrogens with zero attached hydrogens (tertiary/aromatic N) is 1. The lowest BCUT2D eigenvalue weighted by molar-refractivity contribution is 0.0769. The second-order valence-corrected chi connectivity index (χ2v) is 7.13. The predicted octanol–water partition coefficient (Wildman–Crippen LogP) is 1.46. The molecule has 0 aromatic heterocycles. The summed E-state index contributed by atoms with van der Waals surface area (Å²) in [6.07, 6.45) is 3.95. The van der Waals surface area contributed by atoms with Gasteiger partial charge in [0.15, 0.2) is 9.84 Å². The molecule has 1 heterocycles. The van der Waals surface area contributed by atoms with Gasteiger partial charge in [0.25, 0.3) is 5.91 Å². The van der Waals surface area contributed by atoms with Crippen molar-refractivity contribution in [3.05, 3.63) is 35.4 Å². The van der Waals surface area contributed by atoms with E-state index in [-0.39, 0.29) is 16.5 Å². The van der Waals surface area contributed by atoms with E-state index in [1.807, 2.05) is 13.0 Å². The third-order valence-corrected chi connectivity index (χ3v) is 4.42. The molecule has 0 unspecified atom stereocenters. The Morgan fingerprint density at radius 3 is 2.55 bits per heavy atom. The van der Waals surface area contributed by atoms with E-state index >= 15 is 0 Å². The van der Waals surface area contributed by atoms with E-state index in [0.29, 0.717) is 18.7 Å². The summed E-state index contributed by atoms with van der Waals surface area (Å²) >= 11 is 0. The minimum atomic E-state index is -3.38. The summed E-state index contributed by atoms with van der Waals surface area (Å²) in [6.45, 7) is 3.22. The third-order valence-electron chi connectivity index (χ3n) is 3.33. The fraction of sp³-hybridized carbons (Fsp3) is 0.357. The van der Waals surface area contributed by atoms with Gasteiger partial charge in [-0.2, -0.15) is 0 Å². The highest BCUT2D eigenvalue weighted by atomic mass is 32.2. The Morgan fingerprint density at radius 1 is 1.30 bits per heavy atom. The van der Waals surface area contributed by atoms with Crippen molar-refractivity contribution in [3.63, 3.8) is 0 Å². The van der Waals surface area contributed by atoms with Crippen LogP contribution in [0.3, 0.4) is 0 Å².